The molecule has 0 fully saturated rings. The van der Waals surface area contributed by atoms with Crippen LogP contribution in [0.5, 0.6) is 0 Å². The van der Waals surface area contributed by atoms with Crippen LogP contribution in [0.3, 0.4) is 0 Å². The van der Waals surface area contributed by atoms with Crippen molar-refractivity contribution in [1.82, 2.24) is 4.72 Å². The molecule has 0 radical (unpaired) electrons. The molecule has 0 aliphatic rings. The van der Waals surface area contributed by atoms with Gasteiger partial charge < -0.3 is 0 Å². The molecule has 0 aliphatic carbocycles. The molecule has 0 saturated heterocycles. The van der Waals surface area contributed by atoms with Gasteiger partial charge >= 0.3 is 0 Å². The first kappa shape index (κ1) is 12.9. The van der Waals surface area contributed by atoms with Crippen molar-refractivity contribution in [3.8, 4) is 0 Å². The van der Waals surface area contributed by atoms with Gasteiger partial charge in [-0.3, -0.25) is 4.79 Å². The predicted octanol–water partition coefficient (Wildman–Crippen LogP) is 1.48. The number of carbonyl (C=O) groups excluding carboxylic acids is 1. The summed E-state index contributed by atoms with van der Waals surface area (Å²) in [4.78, 5) is 11.4. The van der Waals surface area contributed by atoms with E-state index >= 15 is 0 Å². The highest BCUT2D eigenvalue weighted by Crippen LogP contribution is 2.19. The van der Waals surface area contributed by atoms with E-state index in [1.165, 1.54) is 0 Å². The van der Waals surface area contributed by atoms with Gasteiger partial charge in [-0.05, 0) is 24.6 Å². The topological polar surface area (TPSA) is 63.2 Å². The molecule has 7 heteroatoms. The summed E-state index contributed by atoms with van der Waals surface area (Å²) in [5.74, 6) is -1.86. The number of hydrogen-bond donors (Lipinski definition) is 1. The summed E-state index contributed by atoms with van der Waals surface area (Å²) in [6.07, 6.45) is 0.804. The van der Waals surface area contributed by atoms with Crippen LogP contribution in [0.1, 0.15) is 15.9 Å². The van der Waals surface area contributed by atoms with Gasteiger partial charge in [0.05, 0.1) is 11.8 Å². The van der Waals surface area contributed by atoms with Crippen molar-refractivity contribution >= 4 is 27.5 Å². The highest BCUT2D eigenvalue weighted by atomic mass is 35.5. The van der Waals surface area contributed by atoms with Crippen LogP contribution in [0.15, 0.2) is 12.1 Å². The summed E-state index contributed by atoms with van der Waals surface area (Å²) >= 11 is 5.70. The monoisotopic (exact) mass is 265 g/mol. The van der Waals surface area contributed by atoms with Gasteiger partial charge in [-0.25, -0.2) is 17.5 Å². The number of benzene rings is 1. The van der Waals surface area contributed by atoms with Gasteiger partial charge in [0.15, 0.2) is 0 Å². The molecular formula is C9H9ClFNO3S. The van der Waals surface area contributed by atoms with Gasteiger partial charge in [0.25, 0.3) is 5.91 Å². The Bertz CT molecular complexity index is 542. The van der Waals surface area contributed by atoms with E-state index in [4.69, 9.17) is 11.6 Å². The third kappa shape index (κ3) is 3.18. The fourth-order valence-corrected chi connectivity index (χ4v) is 1.65. The van der Waals surface area contributed by atoms with E-state index in [-0.39, 0.29) is 5.02 Å². The molecule has 16 heavy (non-hydrogen) atoms. The highest BCUT2D eigenvalue weighted by Gasteiger charge is 2.16. The first-order valence-electron chi connectivity index (χ1n) is 4.18. The van der Waals surface area contributed by atoms with Gasteiger partial charge in [-0.15, -0.1) is 0 Å². The average molecular weight is 266 g/mol. The second-order valence-electron chi connectivity index (χ2n) is 3.28. The zero-order chi connectivity index (χ0) is 12.5. The first-order chi connectivity index (χ1) is 7.20. The van der Waals surface area contributed by atoms with E-state index < -0.39 is 27.3 Å². The molecule has 1 N–H and O–H groups in total. The number of nitrogens with one attached hydrogen (secondary N) is 1. The Labute approximate surface area is 97.5 Å². The number of carbonyl (C=O) groups is 1. The second-order valence-corrected chi connectivity index (χ2v) is 5.44. The molecule has 0 aromatic heterocycles. The standard InChI is InChI=1S/C9H9ClFNO3S/c1-5-3-8(11)6(4-7(5)10)9(13)12-16(2,14)15/h3-4H,1-2H3,(H,12,13). The highest BCUT2D eigenvalue weighted by molar-refractivity contribution is 7.89. The lowest BCUT2D eigenvalue weighted by atomic mass is 10.1. The van der Waals surface area contributed by atoms with Crippen molar-refractivity contribution in [1.29, 1.82) is 0 Å². The van der Waals surface area contributed by atoms with Crippen LogP contribution in [0.25, 0.3) is 0 Å². The lowest BCUT2D eigenvalue weighted by Crippen LogP contribution is -2.30. The van der Waals surface area contributed by atoms with Crippen LogP contribution in [0.4, 0.5) is 4.39 Å². The maximum atomic E-state index is 13.3. The van der Waals surface area contributed by atoms with E-state index in [1.807, 2.05) is 0 Å². The smallest absolute Gasteiger partial charge is 0.267 e. The largest absolute Gasteiger partial charge is 0.268 e. The maximum absolute atomic E-state index is 13.3. The van der Waals surface area contributed by atoms with Crippen molar-refractivity contribution in [3.63, 3.8) is 0 Å². The van der Waals surface area contributed by atoms with Crippen molar-refractivity contribution in [2.24, 2.45) is 0 Å². The molecule has 0 atom stereocenters. The van der Waals surface area contributed by atoms with Crippen LogP contribution in [0, 0.1) is 12.7 Å². The number of sulfonamides is 1. The summed E-state index contributed by atoms with van der Waals surface area (Å²) in [6.45, 7) is 1.57. The summed E-state index contributed by atoms with van der Waals surface area (Å²) in [6, 6.07) is 2.16. The molecule has 88 valence electrons. The van der Waals surface area contributed by atoms with E-state index in [9.17, 15) is 17.6 Å². The Hall–Kier alpha value is -1.14. The fourth-order valence-electron chi connectivity index (χ4n) is 1.04. The zero-order valence-electron chi connectivity index (χ0n) is 8.54. The summed E-state index contributed by atoms with van der Waals surface area (Å²) in [5, 5.41) is 0.194. The summed E-state index contributed by atoms with van der Waals surface area (Å²) in [5.41, 5.74) is 0.0658. The maximum Gasteiger partial charge on any atom is 0.267 e. The van der Waals surface area contributed by atoms with Gasteiger partial charge in [-0.2, -0.15) is 0 Å². The van der Waals surface area contributed by atoms with Gasteiger partial charge in [-0.1, -0.05) is 11.6 Å². The second kappa shape index (κ2) is 4.39. The molecule has 0 heterocycles. The number of amides is 1. The number of halogens is 2. The molecule has 1 rings (SSSR count). The molecule has 1 aromatic carbocycles. The average Bonchev–Trinajstić information content (AvgIpc) is 2.08. The molecule has 0 saturated carbocycles. The molecule has 0 spiro atoms. The zero-order valence-corrected chi connectivity index (χ0v) is 10.1. The third-order valence-electron chi connectivity index (χ3n) is 1.77. The third-order valence-corrected chi connectivity index (χ3v) is 2.73. The minimum atomic E-state index is -3.72. The van der Waals surface area contributed by atoms with Crippen LogP contribution < -0.4 is 4.72 Å². The van der Waals surface area contributed by atoms with E-state index in [0.29, 0.717) is 5.56 Å². The van der Waals surface area contributed by atoms with Crippen LogP contribution in [-0.4, -0.2) is 20.6 Å². The normalized spacial score (nSPS) is 11.2. The van der Waals surface area contributed by atoms with Gasteiger partial charge in [0.1, 0.15) is 5.82 Å². The fraction of sp³-hybridized carbons (Fsp3) is 0.222. The lowest BCUT2D eigenvalue weighted by molar-refractivity contribution is 0.0978. The van der Waals surface area contributed by atoms with Crippen molar-refractivity contribution in [2.75, 3.05) is 6.26 Å². The number of rotatable bonds is 2. The first-order valence-corrected chi connectivity index (χ1v) is 6.45. The Morgan fingerprint density at radius 2 is 2.00 bits per heavy atom. The predicted molar refractivity (Wildman–Crippen MR) is 58.5 cm³/mol. The van der Waals surface area contributed by atoms with Gasteiger partial charge in [0.2, 0.25) is 10.0 Å². The van der Waals surface area contributed by atoms with Crippen LogP contribution >= 0.6 is 11.6 Å². The molecule has 1 amide bonds. The molecule has 0 bridgehead atoms. The molecule has 0 aliphatic heterocycles. The Morgan fingerprint density at radius 3 is 2.50 bits per heavy atom. The quantitative estimate of drug-likeness (QED) is 0.881. The molecule has 0 unspecified atom stereocenters. The van der Waals surface area contributed by atoms with Crippen molar-refractivity contribution < 1.29 is 17.6 Å². The van der Waals surface area contributed by atoms with E-state index in [2.05, 4.69) is 0 Å². The minimum Gasteiger partial charge on any atom is -0.268 e. The van der Waals surface area contributed by atoms with Crippen molar-refractivity contribution in [3.05, 3.63) is 34.1 Å². The number of hydrogen-bond acceptors (Lipinski definition) is 3. The van der Waals surface area contributed by atoms with Crippen molar-refractivity contribution in [2.45, 2.75) is 6.92 Å². The molecule has 4 nitrogen and oxygen atoms in total. The van der Waals surface area contributed by atoms with E-state index in [1.54, 1.807) is 11.6 Å². The van der Waals surface area contributed by atoms with Gasteiger partial charge in [0, 0.05) is 5.02 Å². The van der Waals surface area contributed by atoms with E-state index in [0.717, 1.165) is 18.4 Å². The summed E-state index contributed by atoms with van der Waals surface area (Å²) < 4.78 is 36.6. The summed E-state index contributed by atoms with van der Waals surface area (Å²) in [7, 11) is -3.72. The Morgan fingerprint density at radius 1 is 1.44 bits per heavy atom. The molecule has 1 aromatic rings. The lowest BCUT2D eigenvalue weighted by Gasteiger charge is -2.06. The number of aryl methyl sites for hydroxylation is 1. The van der Waals surface area contributed by atoms with Crippen LogP contribution in [-0.2, 0) is 10.0 Å². The Kier molecular flexibility index (Phi) is 3.54. The van der Waals surface area contributed by atoms with Crippen LogP contribution in [0.2, 0.25) is 5.02 Å². The SMILES string of the molecule is Cc1cc(F)c(C(=O)NS(C)(=O)=O)cc1Cl. The molecular weight excluding hydrogens is 257 g/mol. The Balaban J connectivity index is 3.15. The minimum absolute atomic E-state index is 0.194.